The number of ether oxygens (including phenoxy) is 3. The maximum absolute atomic E-state index is 5.54. The van der Waals surface area contributed by atoms with Crippen LogP contribution in [0, 0.1) is 6.92 Å². The molecule has 0 saturated heterocycles. The molecular formula is C28H32N4O3. The fourth-order valence-corrected chi connectivity index (χ4v) is 4.21. The van der Waals surface area contributed by atoms with Crippen LogP contribution < -0.4 is 24.4 Å². The van der Waals surface area contributed by atoms with E-state index in [4.69, 9.17) is 24.2 Å². The molecule has 7 nitrogen and oxygen atoms in total. The fraction of sp³-hybridized carbons (Fsp3) is 0.286. The molecule has 0 bridgehead atoms. The highest BCUT2D eigenvalue weighted by atomic mass is 16.5. The molecule has 3 aromatic carbocycles. The topological polar surface area (TPSA) is 68.7 Å². The normalized spacial score (nSPS) is 10.8. The lowest BCUT2D eigenvalue weighted by molar-refractivity contribution is 0.324. The molecule has 1 heterocycles. The van der Waals surface area contributed by atoms with Crippen molar-refractivity contribution in [3.8, 4) is 28.6 Å². The summed E-state index contributed by atoms with van der Waals surface area (Å²) in [7, 11) is 4.78. The Kier molecular flexibility index (Phi) is 7.25. The van der Waals surface area contributed by atoms with E-state index < -0.39 is 0 Å². The zero-order valence-corrected chi connectivity index (χ0v) is 21.2. The summed E-state index contributed by atoms with van der Waals surface area (Å²) in [6.45, 7) is 8.39. The molecule has 0 atom stereocenters. The van der Waals surface area contributed by atoms with E-state index in [9.17, 15) is 0 Å². The van der Waals surface area contributed by atoms with E-state index in [2.05, 4.69) is 49.2 Å². The summed E-state index contributed by atoms with van der Waals surface area (Å²) in [6.07, 6.45) is 0. The Labute approximate surface area is 206 Å². The Hall–Kier alpha value is -4.00. The first-order chi connectivity index (χ1) is 17.0. The molecule has 0 unspecified atom stereocenters. The molecule has 1 N–H and O–H groups in total. The molecule has 1 aromatic heterocycles. The van der Waals surface area contributed by atoms with E-state index in [1.54, 1.807) is 21.3 Å². The molecule has 0 aliphatic rings. The summed E-state index contributed by atoms with van der Waals surface area (Å²) in [5.41, 5.74) is 4.96. The van der Waals surface area contributed by atoms with Gasteiger partial charge in [-0.25, -0.2) is 9.97 Å². The van der Waals surface area contributed by atoms with E-state index in [-0.39, 0.29) is 0 Å². The summed E-state index contributed by atoms with van der Waals surface area (Å²) in [4.78, 5) is 12.1. The molecular weight excluding hydrogens is 440 g/mol. The van der Waals surface area contributed by atoms with Gasteiger partial charge in [-0.1, -0.05) is 12.1 Å². The Morgan fingerprint density at radius 2 is 1.51 bits per heavy atom. The summed E-state index contributed by atoms with van der Waals surface area (Å²) in [5, 5.41) is 4.49. The number of hydrogen-bond donors (Lipinski definition) is 1. The van der Waals surface area contributed by atoms with Gasteiger partial charge in [0, 0.05) is 35.4 Å². The van der Waals surface area contributed by atoms with Crippen LogP contribution in [0.25, 0.3) is 22.3 Å². The van der Waals surface area contributed by atoms with E-state index >= 15 is 0 Å². The van der Waals surface area contributed by atoms with Crippen molar-refractivity contribution in [2.75, 3.05) is 44.6 Å². The largest absolute Gasteiger partial charge is 0.493 e. The summed E-state index contributed by atoms with van der Waals surface area (Å²) in [6, 6.07) is 18.2. The van der Waals surface area contributed by atoms with Gasteiger partial charge in [0.25, 0.3) is 0 Å². The van der Waals surface area contributed by atoms with E-state index in [1.165, 1.54) is 5.69 Å². The highest BCUT2D eigenvalue weighted by Crippen LogP contribution is 2.41. The third-order valence-electron chi connectivity index (χ3n) is 6.12. The number of nitrogens with zero attached hydrogens (tertiary/aromatic N) is 3. The molecule has 0 radical (unpaired) electrons. The highest BCUT2D eigenvalue weighted by molar-refractivity contribution is 5.92. The van der Waals surface area contributed by atoms with Crippen molar-refractivity contribution in [3.63, 3.8) is 0 Å². The highest BCUT2D eigenvalue weighted by Gasteiger charge is 2.17. The molecule has 7 heteroatoms. The number of aromatic nitrogens is 2. The SMILES string of the molecule is CCN(CC)c1ccc(Nc2nc(-c3cc(OC)c(OC)c(OC)c3)nc3ccccc23)c(C)c1. The summed E-state index contributed by atoms with van der Waals surface area (Å²) < 4.78 is 16.5. The number of fused-ring (bicyclic) bond motifs is 1. The van der Waals surface area contributed by atoms with Crippen LogP contribution >= 0.6 is 0 Å². The van der Waals surface area contributed by atoms with Gasteiger partial charge in [-0.3, -0.25) is 0 Å². The molecule has 182 valence electrons. The lowest BCUT2D eigenvalue weighted by atomic mass is 10.1. The minimum atomic E-state index is 0.529. The van der Waals surface area contributed by atoms with Gasteiger partial charge in [-0.15, -0.1) is 0 Å². The molecule has 0 fully saturated rings. The molecule has 0 amide bonds. The zero-order chi connectivity index (χ0) is 24.9. The van der Waals surface area contributed by atoms with Crippen molar-refractivity contribution in [2.24, 2.45) is 0 Å². The quantitative estimate of drug-likeness (QED) is 0.310. The van der Waals surface area contributed by atoms with Crippen LogP contribution in [-0.2, 0) is 0 Å². The zero-order valence-electron chi connectivity index (χ0n) is 21.2. The van der Waals surface area contributed by atoms with Gasteiger partial charge in [0.2, 0.25) is 5.75 Å². The number of benzene rings is 3. The van der Waals surface area contributed by atoms with Crippen LogP contribution in [-0.4, -0.2) is 44.4 Å². The third-order valence-corrected chi connectivity index (χ3v) is 6.12. The van der Waals surface area contributed by atoms with Gasteiger partial charge in [0.15, 0.2) is 17.3 Å². The monoisotopic (exact) mass is 472 g/mol. The van der Waals surface area contributed by atoms with Crippen molar-refractivity contribution in [3.05, 3.63) is 60.2 Å². The number of hydrogen-bond acceptors (Lipinski definition) is 7. The molecule has 35 heavy (non-hydrogen) atoms. The van der Waals surface area contributed by atoms with Crippen molar-refractivity contribution in [1.29, 1.82) is 0 Å². The average molecular weight is 473 g/mol. The molecule has 0 aliphatic carbocycles. The van der Waals surface area contributed by atoms with Crippen molar-refractivity contribution < 1.29 is 14.2 Å². The maximum atomic E-state index is 5.54. The van der Waals surface area contributed by atoms with Crippen LogP contribution in [0.3, 0.4) is 0 Å². The van der Waals surface area contributed by atoms with Crippen LogP contribution in [0.15, 0.2) is 54.6 Å². The Balaban J connectivity index is 1.81. The summed E-state index contributed by atoms with van der Waals surface area (Å²) in [5.74, 6) is 2.93. The van der Waals surface area contributed by atoms with Crippen LogP contribution in [0.5, 0.6) is 17.2 Å². The second-order valence-electron chi connectivity index (χ2n) is 8.12. The third kappa shape index (κ3) is 4.80. The second-order valence-corrected chi connectivity index (χ2v) is 8.12. The van der Waals surface area contributed by atoms with E-state index in [0.29, 0.717) is 23.1 Å². The lowest BCUT2D eigenvalue weighted by Gasteiger charge is -2.22. The molecule has 0 spiro atoms. The van der Waals surface area contributed by atoms with Crippen molar-refractivity contribution >= 4 is 28.1 Å². The average Bonchev–Trinajstić information content (AvgIpc) is 2.89. The number of aryl methyl sites for hydroxylation is 1. The Bertz CT molecular complexity index is 1310. The smallest absolute Gasteiger partial charge is 0.203 e. The number of nitrogens with one attached hydrogen (secondary N) is 1. The first-order valence-electron chi connectivity index (χ1n) is 11.7. The van der Waals surface area contributed by atoms with Gasteiger partial charge in [0.05, 0.1) is 26.8 Å². The predicted octanol–water partition coefficient (Wildman–Crippen LogP) is 6.22. The number of methoxy groups -OCH3 is 3. The second kappa shape index (κ2) is 10.5. The molecule has 4 aromatic rings. The van der Waals surface area contributed by atoms with Gasteiger partial charge in [-0.2, -0.15) is 0 Å². The molecule has 0 saturated carbocycles. The van der Waals surface area contributed by atoms with Gasteiger partial charge >= 0.3 is 0 Å². The van der Waals surface area contributed by atoms with Crippen LogP contribution in [0.2, 0.25) is 0 Å². The predicted molar refractivity (Wildman–Crippen MR) is 143 cm³/mol. The number of rotatable bonds is 9. The Morgan fingerprint density at radius 3 is 2.11 bits per heavy atom. The minimum Gasteiger partial charge on any atom is -0.493 e. The molecule has 0 aliphatic heterocycles. The van der Waals surface area contributed by atoms with Gasteiger partial charge in [0.1, 0.15) is 5.82 Å². The Morgan fingerprint density at radius 1 is 0.829 bits per heavy atom. The summed E-state index contributed by atoms with van der Waals surface area (Å²) >= 11 is 0. The molecule has 4 rings (SSSR count). The standard InChI is InChI=1S/C28H32N4O3/c1-7-32(8-2)20-13-14-22(18(3)15-20)29-28-21-11-9-10-12-23(21)30-27(31-28)19-16-24(33-4)26(35-6)25(17-19)34-5/h9-17H,7-8H2,1-6H3,(H,29,30,31). The van der Waals surface area contributed by atoms with Gasteiger partial charge < -0.3 is 24.4 Å². The van der Waals surface area contributed by atoms with Crippen LogP contribution in [0.4, 0.5) is 17.2 Å². The first kappa shape index (κ1) is 24.1. The lowest BCUT2D eigenvalue weighted by Crippen LogP contribution is -2.21. The van der Waals surface area contributed by atoms with Crippen molar-refractivity contribution in [1.82, 2.24) is 9.97 Å². The van der Waals surface area contributed by atoms with Gasteiger partial charge in [-0.05, 0) is 68.8 Å². The number of anilines is 3. The fourth-order valence-electron chi connectivity index (χ4n) is 4.21. The first-order valence-corrected chi connectivity index (χ1v) is 11.7. The van der Waals surface area contributed by atoms with Crippen LogP contribution in [0.1, 0.15) is 19.4 Å². The maximum Gasteiger partial charge on any atom is 0.203 e. The van der Waals surface area contributed by atoms with Crippen molar-refractivity contribution in [2.45, 2.75) is 20.8 Å². The minimum absolute atomic E-state index is 0.529. The number of para-hydroxylation sites is 1. The van der Waals surface area contributed by atoms with E-state index in [0.717, 1.165) is 46.6 Å². The van der Waals surface area contributed by atoms with E-state index in [1.807, 2.05) is 36.4 Å².